The molecule has 1 heterocycles. The molecule has 3 N–H and O–H groups in total. The average Bonchev–Trinajstić information content (AvgIpc) is 2.83. The molecule has 1 aromatic heterocycles. The van der Waals surface area contributed by atoms with Gasteiger partial charge >= 0.3 is 0 Å². The molecule has 2 rings (SSSR count). The molecule has 1 aromatic carbocycles. The Morgan fingerprint density at radius 1 is 1.41 bits per heavy atom. The van der Waals surface area contributed by atoms with E-state index in [1.807, 2.05) is 0 Å². The highest BCUT2D eigenvalue weighted by Crippen LogP contribution is 2.25. The Hall–Kier alpha value is -1.88. The summed E-state index contributed by atoms with van der Waals surface area (Å²) in [5.41, 5.74) is 6.80. The van der Waals surface area contributed by atoms with Crippen LogP contribution in [0, 0.1) is 12.7 Å². The van der Waals surface area contributed by atoms with Gasteiger partial charge in [0.05, 0.1) is 10.6 Å². The van der Waals surface area contributed by atoms with Crippen LogP contribution in [0.4, 0.5) is 15.8 Å². The van der Waals surface area contributed by atoms with Crippen LogP contribution in [-0.4, -0.2) is 5.91 Å². The summed E-state index contributed by atoms with van der Waals surface area (Å²) in [6.45, 7) is 1.67. The number of carbonyl (C=O) groups excluding carboxylic acids is 1. The minimum atomic E-state index is -0.485. The zero-order valence-electron chi connectivity index (χ0n) is 9.16. The van der Waals surface area contributed by atoms with Crippen LogP contribution in [0.3, 0.4) is 0 Å². The zero-order valence-corrected chi connectivity index (χ0v) is 9.98. The summed E-state index contributed by atoms with van der Waals surface area (Å²) < 4.78 is 13.6. The molecule has 0 unspecified atom stereocenters. The number of amides is 1. The van der Waals surface area contributed by atoms with Crippen LogP contribution in [0.15, 0.2) is 29.6 Å². The molecule has 88 valence electrons. The second kappa shape index (κ2) is 4.55. The summed E-state index contributed by atoms with van der Waals surface area (Å²) in [6, 6.07) is 6.17. The quantitative estimate of drug-likeness (QED) is 0.805. The van der Waals surface area contributed by atoms with E-state index in [0.717, 1.165) is 0 Å². The minimum absolute atomic E-state index is 0.142. The number of rotatable bonds is 2. The molecule has 5 heteroatoms. The molecule has 0 fully saturated rings. The van der Waals surface area contributed by atoms with E-state index in [1.54, 1.807) is 24.4 Å². The molecule has 17 heavy (non-hydrogen) atoms. The molecule has 0 aliphatic carbocycles. The molecule has 0 bridgehead atoms. The maximum atomic E-state index is 13.6. The summed E-state index contributed by atoms with van der Waals surface area (Å²) in [4.78, 5) is 12.3. The van der Waals surface area contributed by atoms with Crippen molar-refractivity contribution in [2.75, 3.05) is 11.1 Å². The third-order valence-electron chi connectivity index (χ3n) is 2.44. The van der Waals surface area contributed by atoms with Crippen LogP contribution in [0.1, 0.15) is 15.2 Å². The topological polar surface area (TPSA) is 55.1 Å². The van der Waals surface area contributed by atoms with E-state index in [4.69, 9.17) is 5.73 Å². The molecule has 3 nitrogen and oxygen atoms in total. The smallest absolute Gasteiger partial charge is 0.265 e. The van der Waals surface area contributed by atoms with Crippen molar-refractivity contribution in [3.63, 3.8) is 0 Å². The van der Waals surface area contributed by atoms with Gasteiger partial charge in [-0.05, 0) is 36.1 Å². The number of hydrogen-bond acceptors (Lipinski definition) is 3. The van der Waals surface area contributed by atoms with Gasteiger partial charge in [0.1, 0.15) is 5.82 Å². The Labute approximate surface area is 102 Å². The van der Waals surface area contributed by atoms with Gasteiger partial charge in [-0.1, -0.05) is 6.07 Å². The fraction of sp³-hybridized carbons (Fsp3) is 0.0833. The lowest BCUT2D eigenvalue weighted by Gasteiger charge is -2.10. The molecule has 0 atom stereocenters. The summed E-state index contributed by atoms with van der Waals surface area (Å²) in [5, 5.41) is 4.33. The van der Waals surface area contributed by atoms with Crippen molar-refractivity contribution in [2.24, 2.45) is 0 Å². The van der Waals surface area contributed by atoms with Crippen molar-refractivity contribution >= 4 is 28.6 Å². The third kappa shape index (κ3) is 2.29. The Balaban J connectivity index is 2.31. The highest BCUT2D eigenvalue weighted by Gasteiger charge is 2.13. The summed E-state index contributed by atoms with van der Waals surface area (Å²) in [6.07, 6.45) is 0. The van der Waals surface area contributed by atoms with Crippen molar-refractivity contribution in [1.82, 2.24) is 0 Å². The van der Waals surface area contributed by atoms with Gasteiger partial charge in [0.15, 0.2) is 0 Å². The van der Waals surface area contributed by atoms with Gasteiger partial charge in [-0.2, -0.15) is 0 Å². The van der Waals surface area contributed by atoms with Crippen LogP contribution in [0.2, 0.25) is 0 Å². The number of benzene rings is 1. The molecular weight excluding hydrogens is 239 g/mol. The van der Waals surface area contributed by atoms with E-state index < -0.39 is 5.82 Å². The number of nitrogens with one attached hydrogen (secondary N) is 1. The maximum absolute atomic E-state index is 13.6. The van der Waals surface area contributed by atoms with E-state index >= 15 is 0 Å². The second-order valence-corrected chi connectivity index (χ2v) is 4.52. The van der Waals surface area contributed by atoms with Gasteiger partial charge in [-0.3, -0.25) is 4.79 Å². The number of nitrogens with two attached hydrogens (primary N) is 1. The molecular formula is C12H11FN2OS. The van der Waals surface area contributed by atoms with Crippen molar-refractivity contribution in [3.8, 4) is 0 Å². The molecule has 0 aliphatic heterocycles. The van der Waals surface area contributed by atoms with Crippen LogP contribution in [0.25, 0.3) is 0 Å². The van der Waals surface area contributed by atoms with E-state index in [1.165, 1.54) is 23.5 Å². The Morgan fingerprint density at radius 2 is 2.18 bits per heavy atom. The fourth-order valence-corrected chi connectivity index (χ4v) is 2.05. The average molecular weight is 250 g/mol. The first kappa shape index (κ1) is 11.6. The zero-order chi connectivity index (χ0) is 12.4. The van der Waals surface area contributed by atoms with Crippen LogP contribution >= 0.6 is 11.3 Å². The number of thiophene rings is 1. The Bertz CT molecular complexity index is 552. The predicted molar refractivity (Wildman–Crippen MR) is 67.8 cm³/mol. The second-order valence-electron chi connectivity index (χ2n) is 3.57. The number of hydrogen-bond donors (Lipinski definition) is 2. The summed E-state index contributed by atoms with van der Waals surface area (Å²) in [5.74, 6) is -0.811. The standard InChI is InChI=1S/C12H11FN2OS/c1-7-9(14)5-4-8(13)11(7)15-12(16)10-3-2-6-17-10/h2-6H,14H2,1H3,(H,15,16). The Kier molecular flexibility index (Phi) is 3.10. The van der Waals surface area contributed by atoms with Crippen LogP contribution in [0.5, 0.6) is 0 Å². The van der Waals surface area contributed by atoms with Gasteiger partial charge in [0, 0.05) is 5.69 Å². The normalized spacial score (nSPS) is 10.2. The first-order valence-corrected chi connectivity index (χ1v) is 5.87. The largest absolute Gasteiger partial charge is 0.398 e. The Morgan fingerprint density at radius 3 is 2.82 bits per heavy atom. The van der Waals surface area contributed by atoms with E-state index in [9.17, 15) is 9.18 Å². The first-order chi connectivity index (χ1) is 8.09. The molecule has 2 aromatic rings. The number of anilines is 2. The monoisotopic (exact) mass is 250 g/mol. The van der Waals surface area contributed by atoms with Gasteiger partial charge in [0.25, 0.3) is 5.91 Å². The number of carbonyl (C=O) groups is 1. The molecule has 1 amide bonds. The first-order valence-electron chi connectivity index (χ1n) is 4.99. The third-order valence-corrected chi connectivity index (χ3v) is 3.31. The van der Waals surface area contributed by atoms with Crippen LogP contribution < -0.4 is 11.1 Å². The van der Waals surface area contributed by atoms with Crippen LogP contribution in [-0.2, 0) is 0 Å². The molecule has 0 spiro atoms. The molecule has 0 saturated heterocycles. The lowest BCUT2D eigenvalue weighted by molar-refractivity contribution is 0.103. The minimum Gasteiger partial charge on any atom is -0.398 e. The number of halogens is 1. The SMILES string of the molecule is Cc1c(N)ccc(F)c1NC(=O)c1cccs1. The van der Waals surface area contributed by atoms with Gasteiger partial charge in [-0.25, -0.2) is 4.39 Å². The fourth-order valence-electron chi connectivity index (χ4n) is 1.43. The molecule has 0 saturated carbocycles. The van der Waals surface area contributed by atoms with Crippen molar-refractivity contribution in [1.29, 1.82) is 0 Å². The lowest BCUT2D eigenvalue weighted by atomic mass is 10.1. The molecule has 0 aliphatic rings. The van der Waals surface area contributed by atoms with Crippen molar-refractivity contribution in [3.05, 3.63) is 45.9 Å². The lowest BCUT2D eigenvalue weighted by Crippen LogP contribution is -2.13. The highest BCUT2D eigenvalue weighted by molar-refractivity contribution is 7.12. The molecule has 0 radical (unpaired) electrons. The van der Waals surface area contributed by atoms with E-state index in [0.29, 0.717) is 16.1 Å². The van der Waals surface area contributed by atoms with E-state index in [-0.39, 0.29) is 11.6 Å². The highest BCUT2D eigenvalue weighted by atomic mass is 32.1. The summed E-state index contributed by atoms with van der Waals surface area (Å²) in [7, 11) is 0. The maximum Gasteiger partial charge on any atom is 0.265 e. The van der Waals surface area contributed by atoms with Crippen molar-refractivity contribution < 1.29 is 9.18 Å². The van der Waals surface area contributed by atoms with Crippen molar-refractivity contribution in [2.45, 2.75) is 6.92 Å². The van der Waals surface area contributed by atoms with E-state index in [2.05, 4.69) is 5.32 Å². The van der Waals surface area contributed by atoms with Gasteiger partial charge < -0.3 is 11.1 Å². The summed E-state index contributed by atoms with van der Waals surface area (Å²) >= 11 is 1.30. The number of nitrogen functional groups attached to an aromatic ring is 1. The predicted octanol–water partition coefficient (Wildman–Crippen LogP) is 3.03. The van der Waals surface area contributed by atoms with Gasteiger partial charge in [-0.15, -0.1) is 11.3 Å². The van der Waals surface area contributed by atoms with Gasteiger partial charge in [0.2, 0.25) is 0 Å².